The van der Waals surface area contributed by atoms with Gasteiger partial charge in [0.15, 0.2) is 0 Å². The second-order valence-corrected chi connectivity index (χ2v) is 6.24. The zero-order chi connectivity index (χ0) is 10.9. The molecule has 0 atom stereocenters. The van der Waals surface area contributed by atoms with Gasteiger partial charge in [-0.05, 0) is 12.8 Å². The van der Waals surface area contributed by atoms with Gasteiger partial charge in [-0.15, -0.1) is 0 Å². The van der Waals surface area contributed by atoms with Crippen LogP contribution in [0.25, 0.3) is 0 Å². The van der Waals surface area contributed by atoms with Crippen molar-refractivity contribution in [1.29, 1.82) is 0 Å². The van der Waals surface area contributed by atoms with E-state index in [1.165, 1.54) is 0 Å². The Hall–Kier alpha value is -1.04. The summed E-state index contributed by atoms with van der Waals surface area (Å²) >= 11 is 0. The molecule has 0 aliphatic carbocycles. The Morgan fingerprint density at radius 3 is 2.67 bits per heavy atom. The van der Waals surface area contributed by atoms with Gasteiger partial charge >= 0.3 is 0 Å². The van der Waals surface area contributed by atoms with Crippen molar-refractivity contribution in [3.63, 3.8) is 0 Å². The van der Waals surface area contributed by atoms with Crippen LogP contribution in [0.15, 0.2) is 12.4 Å². The third-order valence-corrected chi connectivity index (χ3v) is 4.42. The molecule has 1 N–H and O–H groups in total. The molecule has 6 heteroatoms. The predicted molar refractivity (Wildman–Crippen MR) is 58.5 cm³/mol. The quantitative estimate of drug-likeness (QED) is 0.797. The maximum absolute atomic E-state index is 11.2. The number of aryl methyl sites for hydroxylation is 1. The standard InChI is InChI=1S/C9H15N3O2S/c1-12-5-4-10-9(12)11-8-2-6-15(13,14)7-3-8/h4-5,8H,2-3,6-7H2,1H3,(H,10,11). The first kappa shape index (κ1) is 10.5. The molecule has 0 bridgehead atoms. The SMILES string of the molecule is Cn1ccnc1NC1CCS(=O)(=O)CC1. The summed E-state index contributed by atoms with van der Waals surface area (Å²) in [7, 11) is -0.860. The molecule has 0 aromatic carbocycles. The highest BCUT2D eigenvalue weighted by Gasteiger charge is 2.23. The molecule has 0 radical (unpaired) electrons. The molecule has 2 heterocycles. The minimum atomic E-state index is -2.77. The molecule has 0 saturated carbocycles. The molecule has 1 fully saturated rings. The van der Waals surface area contributed by atoms with Crippen LogP contribution in [0, 0.1) is 0 Å². The van der Waals surface area contributed by atoms with Crippen LogP contribution in [-0.2, 0) is 16.9 Å². The zero-order valence-corrected chi connectivity index (χ0v) is 9.50. The lowest BCUT2D eigenvalue weighted by Crippen LogP contribution is -2.32. The Bertz CT molecular complexity index is 424. The number of anilines is 1. The van der Waals surface area contributed by atoms with E-state index in [-0.39, 0.29) is 17.5 Å². The van der Waals surface area contributed by atoms with Crippen molar-refractivity contribution in [3.8, 4) is 0 Å². The van der Waals surface area contributed by atoms with Gasteiger partial charge in [0.2, 0.25) is 5.95 Å². The third kappa shape index (κ3) is 2.50. The fourth-order valence-electron chi connectivity index (χ4n) is 1.72. The van der Waals surface area contributed by atoms with Crippen LogP contribution in [0.2, 0.25) is 0 Å². The second kappa shape index (κ2) is 3.84. The van der Waals surface area contributed by atoms with E-state index in [9.17, 15) is 8.42 Å². The van der Waals surface area contributed by atoms with Gasteiger partial charge in [-0.1, -0.05) is 0 Å². The fourth-order valence-corrected chi connectivity index (χ4v) is 3.21. The summed E-state index contributed by atoms with van der Waals surface area (Å²) in [6.45, 7) is 0. The monoisotopic (exact) mass is 229 g/mol. The van der Waals surface area contributed by atoms with Gasteiger partial charge in [0.1, 0.15) is 9.84 Å². The average molecular weight is 229 g/mol. The van der Waals surface area contributed by atoms with Gasteiger partial charge in [-0.3, -0.25) is 0 Å². The van der Waals surface area contributed by atoms with E-state index < -0.39 is 9.84 Å². The predicted octanol–water partition coefficient (Wildman–Crippen LogP) is 0.409. The van der Waals surface area contributed by atoms with Crippen LogP contribution in [0.3, 0.4) is 0 Å². The number of rotatable bonds is 2. The van der Waals surface area contributed by atoms with E-state index in [4.69, 9.17) is 0 Å². The summed E-state index contributed by atoms with van der Waals surface area (Å²) in [5.74, 6) is 1.38. The minimum absolute atomic E-state index is 0.231. The molecule has 2 rings (SSSR count). The fraction of sp³-hybridized carbons (Fsp3) is 0.667. The first-order valence-electron chi connectivity index (χ1n) is 5.01. The third-order valence-electron chi connectivity index (χ3n) is 2.71. The van der Waals surface area contributed by atoms with E-state index in [0.717, 1.165) is 5.95 Å². The molecule has 1 saturated heterocycles. The van der Waals surface area contributed by atoms with Crippen LogP contribution in [0.4, 0.5) is 5.95 Å². The highest BCUT2D eigenvalue weighted by Crippen LogP contribution is 2.16. The summed E-state index contributed by atoms with van der Waals surface area (Å²) in [5.41, 5.74) is 0. The van der Waals surface area contributed by atoms with Crippen LogP contribution in [0.1, 0.15) is 12.8 Å². The molecule has 1 aliphatic rings. The maximum Gasteiger partial charge on any atom is 0.202 e. The Morgan fingerprint density at radius 1 is 1.47 bits per heavy atom. The second-order valence-electron chi connectivity index (χ2n) is 3.93. The summed E-state index contributed by atoms with van der Waals surface area (Å²) in [6.07, 6.45) is 4.94. The lowest BCUT2D eigenvalue weighted by Gasteiger charge is -2.23. The van der Waals surface area contributed by atoms with Crippen molar-refractivity contribution in [2.75, 3.05) is 16.8 Å². The van der Waals surface area contributed by atoms with Gasteiger partial charge < -0.3 is 9.88 Å². The molecular weight excluding hydrogens is 214 g/mol. The molecule has 5 nitrogen and oxygen atoms in total. The van der Waals surface area contributed by atoms with Crippen molar-refractivity contribution in [1.82, 2.24) is 9.55 Å². The number of nitrogens with zero attached hydrogens (tertiary/aromatic N) is 2. The number of hydrogen-bond acceptors (Lipinski definition) is 4. The van der Waals surface area contributed by atoms with Gasteiger partial charge in [0.05, 0.1) is 11.5 Å². The highest BCUT2D eigenvalue weighted by molar-refractivity contribution is 7.91. The maximum atomic E-state index is 11.2. The molecule has 84 valence electrons. The molecule has 0 unspecified atom stereocenters. The largest absolute Gasteiger partial charge is 0.353 e. The first-order valence-corrected chi connectivity index (χ1v) is 6.83. The summed E-state index contributed by atoms with van der Waals surface area (Å²) in [6, 6.07) is 0.231. The van der Waals surface area contributed by atoms with Crippen LogP contribution in [0.5, 0.6) is 0 Å². The molecule has 1 aromatic heterocycles. The van der Waals surface area contributed by atoms with E-state index in [1.807, 2.05) is 17.8 Å². The normalized spacial score (nSPS) is 21.4. The van der Waals surface area contributed by atoms with E-state index >= 15 is 0 Å². The van der Waals surface area contributed by atoms with Gasteiger partial charge in [0.25, 0.3) is 0 Å². The Morgan fingerprint density at radius 2 is 2.13 bits per heavy atom. The van der Waals surface area contributed by atoms with E-state index in [2.05, 4.69) is 10.3 Å². The van der Waals surface area contributed by atoms with Crippen molar-refractivity contribution < 1.29 is 8.42 Å². The number of hydrogen-bond donors (Lipinski definition) is 1. The van der Waals surface area contributed by atoms with Gasteiger partial charge in [0, 0.05) is 25.5 Å². The summed E-state index contributed by atoms with van der Waals surface area (Å²) in [4.78, 5) is 4.15. The number of aromatic nitrogens is 2. The first-order chi connectivity index (χ1) is 7.07. The Kier molecular flexibility index (Phi) is 2.68. The highest BCUT2D eigenvalue weighted by atomic mass is 32.2. The van der Waals surface area contributed by atoms with Crippen molar-refractivity contribution >= 4 is 15.8 Å². The van der Waals surface area contributed by atoms with Crippen molar-refractivity contribution in [3.05, 3.63) is 12.4 Å². The summed E-state index contributed by atoms with van der Waals surface area (Å²) in [5, 5.41) is 3.25. The van der Waals surface area contributed by atoms with Crippen LogP contribution < -0.4 is 5.32 Å². The molecule has 0 amide bonds. The van der Waals surface area contributed by atoms with Gasteiger partial charge in [-0.2, -0.15) is 0 Å². The van der Waals surface area contributed by atoms with Crippen LogP contribution >= 0.6 is 0 Å². The average Bonchev–Trinajstić information content (AvgIpc) is 2.56. The molecule has 15 heavy (non-hydrogen) atoms. The van der Waals surface area contributed by atoms with E-state index in [1.54, 1.807) is 6.20 Å². The topological polar surface area (TPSA) is 64.0 Å². The zero-order valence-electron chi connectivity index (χ0n) is 8.68. The molecule has 1 aromatic rings. The van der Waals surface area contributed by atoms with Crippen molar-refractivity contribution in [2.24, 2.45) is 7.05 Å². The molecular formula is C9H15N3O2S. The number of sulfone groups is 1. The van der Waals surface area contributed by atoms with Gasteiger partial charge in [-0.25, -0.2) is 13.4 Å². The minimum Gasteiger partial charge on any atom is -0.353 e. The molecule has 0 spiro atoms. The number of nitrogens with one attached hydrogen (secondary N) is 1. The molecule has 1 aliphatic heterocycles. The van der Waals surface area contributed by atoms with Crippen molar-refractivity contribution in [2.45, 2.75) is 18.9 Å². The van der Waals surface area contributed by atoms with E-state index in [0.29, 0.717) is 12.8 Å². The smallest absolute Gasteiger partial charge is 0.202 e. The summed E-state index contributed by atoms with van der Waals surface area (Å²) < 4.78 is 24.3. The number of imidazole rings is 1. The lowest BCUT2D eigenvalue weighted by atomic mass is 10.2. The Labute approximate surface area is 89.4 Å². The Balaban J connectivity index is 1.96. The lowest BCUT2D eigenvalue weighted by molar-refractivity contribution is 0.557. The van der Waals surface area contributed by atoms with Crippen LogP contribution in [-0.4, -0.2) is 35.5 Å².